The van der Waals surface area contributed by atoms with Crippen LogP contribution in [0.3, 0.4) is 0 Å². The monoisotopic (exact) mass is 280 g/mol. The van der Waals surface area contributed by atoms with Crippen molar-refractivity contribution in [2.75, 3.05) is 4.90 Å². The smallest absolute Gasteiger partial charge is 0.260 e. The molecule has 0 atom stereocenters. The normalized spacial score (nSPS) is 14.1. The van der Waals surface area contributed by atoms with Crippen LogP contribution >= 0.6 is 11.3 Å². The van der Waals surface area contributed by atoms with E-state index in [1.165, 1.54) is 5.56 Å². The molecule has 1 aromatic heterocycles. The van der Waals surface area contributed by atoms with Gasteiger partial charge in [-0.3, -0.25) is 9.69 Å². The van der Waals surface area contributed by atoms with E-state index in [4.69, 9.17) is 0 Å². The number of amides is 1. The van der Waals surface area contributed by atoms with Gasteiger partial charge in [-0.05, 0) is 36.2 Å². The Morgan fingerprint density at radius 3 is 2.90 bits per heavy atom. The van der Waals surface area contributed by atoms with Crippen LogP contribution in [-0.4, -0.2) is 10.9 Å². The fourth-order valence-corrected chi connectivity index (χ4v) is 3.61. The average Bonchev–Trinajstić information content (AvgIpc) is 3.00. The summed E-state index contributed by atoms with van der Waals surface area (Å²) in [5, 5.41) is 0.784. The molecule has 0 saturated heterocycles. The SMILES string of the molecule is Cc1ccc2nc(N3Cc4ccccc4C3=O)sc2c1. The minimum absolute atomic E-state index is 0.0522. The molecule has 0 spiro atoms. The lowest BCUT2D eigenvalue weighted by molar-refractivity contribution is 0.0996. The van der Waals surface area contributed by atoms with Crippen LogP contribution in [0.4, 0.5) is 5.13 Å². The summed E-state index contributed by atoms with van der Waals surface area (Å²) in [7, 11) is 0. The Balaban J connectivity index is 1.80. The van der Waals surface area contributed by atoms with Crippen molar-refractivity contribution in [3.8, 4) is 0 Å². The molecule has 0 fully saturated rings. The Hall–Kier alpha value is -2.20. The first-order valence-corrected chi connectivity index (χ1v) is 7.31. The van der Waals surface area contributed by atoms with Gasteiger partial charge in [-0.25, -0.2) is 4.98 Å². The zero-order valence-corrected chi connectivity index (χ0v) is 11.8. The lowest BCUT2D eigenvalue weighted by atomic mass is 10.1. The quantitative estimate of drug-likeness (QED) is 0.680. The summed E-state index contributed by atoms with van der Waals surface area (Å²) in [6.07, 6.45) is 0. The lowest BCUT2D eigenvalue weighted by Crippen LogP contribution is -2.22. The third-order valence-electron chi connectivity index (χ3n) is 3.58. The van der Waals surface area contributed by atoms with Crippen molar-refractivity contribution in [2.24, 2.45) is 0 Å². The highest BCUT2D eigenvalue weighted by Gasteiger charge is 2.29. The molecule has 1 amide bonds. The van der Waals surface area contributed by atoms with Gasteiger partial charge in [0, 0.05) is 5.56 Å². The molecule has 98 valence electrons. The van der Waals surface area contributed by atoms with Crippen molar-refractivity contribution in [1.82, 2.24) is 4.98 Å². The zero-order chi connectivity index (χ0) is 13.7. The maximum absolute atomic E-state index is 12.4. The van der Waals surface area contributed by atoms with Gasteiger partial charge in [0.05, 0.1) is 16.8 Å². The number of hydrogen-bond acceptors (Lipinski definition) is 3. The molecule has 0 unspecified atom stereocenters. The van der Waals surface area contributed by atoms with Crippen LogP contribution in [0.5, 0.6) is 0 Å². The van der Waals surface area contributed by atoms with Crippen molar-refractivity contribution in [1.29, 1.82) is 0 Å². The number of carbonyl (C=O) groups excluding carboxylic acids is 1. The first-order chi connectivity index (χ1) is 9.72. The molecule has 1 aliphatic rings. The molecule has 20 heavy (non-hydrogen) atoms. The number of nitrogens with zero attached hydrogens (tertiary/aromatic N) is 2. The highest BCUT2D eigenvalue weighted by Crippen LogP contribution is 2.34. The summed E-state index contributed by atoms with van der Waals surface area (Å²) in [5.41, 5.74) is 4.04. The number of fused-ring (bicyclic) bond motifs is 2. The van der Waals surface area contributed by atoms with E-state index in [9.17, 15) is 4.79 Å². The van der Waals surface area contributed by atoms with Crippen molar-refractivity contribution < 1.29 is 4.79 Å². The van der Waals surface area contributed by atoms with Crippen LogP contribution in [0.15, 0.2) is 42.5 Å². The van der Waals surface area contributed by atoms with Crippen LogP contribution in [-0.2, 0) is 6.54 Å². The van der Waals surface area contributed by atoms with Gasteiger partial charge in [0.25, 0.3) is 5.91 Å². The highest BCUT2D eigenvalue weighted by atomic mass is 32.1. The summed E-state index contributed by atoms with van der Waals surface area (Å²) in [5.74, 6) is 0.0522. The Bertz CT molecular complexity index is 837. The summed E-state index contributed by atoms with van der Waals surface area (Å²) in [4.78, 5) is 18.8. The van der Waals surface area contributed by atoms with E-state index in [0.717, 1.165) is 26.5 Å². The van der Waals surface area contributed by atoms with Gasteiger partial charge in [0.15, 0.2) is 5.13 Å². The highest BCUT2D eigenvalue weighted by molar-refractivity contribution is 7.22. The molecule has 2 heterocycles. The molecule has 0 N–H and O–H groups in total. The van der Waals surface area contributed by atoms with E-state index < -0.39 is 0 Å². The second-order valence-electron chi connectivity index (χ2n) is 5.02. The Morgan fingerprint density at radius 1 is 1.20 bits per heavy atom. The summed E-state index contributed by atoms with van der Waals surface area (Å²) >= 11 is 1.58. The summed E-state index contributed by atoms with van der Waals surface area (Å²) < 4.78 is 1.13. The molecule has 4 rings (SSSR count). The van der Waals surface area contributed by atoms with E-state index in [1.807, 2.05) is 36.4 Å². The number of thiazole rings is 1. The third-order valence-corrected chi connectivity index (χ3v) is 4.63. The van der Waals surface area contributed by atoms with E-state index in [-0.39, 0.29) is 5.91 Å². The fourth-order valence-electron chi connectivity index (χ4n) is 2.54. The maximum atomic E-state index is 12.4. The van der Waals surface area contributed by atoms with Crippen molar-refractivity contribution >= 4 is 32.6 Å². The molecule has 0 bridgehead atoms. The second kappa shape index (κ2) is 4.15. The molecule has 4 heteroatoms. The minimum Gasteiger partial charge on any atom is -0.279 e. The van der Waals surface area contributed by atoms with Gasteiger partial charge in [-0.15, -0.1) is 0 Å². The van der Waals surface area contributed by atoms with Gasteiger partial charge in [-0.1, -0.05) is 35.6 Å². The standard InChI is InChI=1S/C16H12N2OS/c1-10-6-7-13-14(8-10)20-16(17-13)18-9-11-4-2-3-5-12(11)15(18)19/h2-8H,9H2,1H3. The predicted octanol–water partition coefficient (Wildman–Crippen LogP) is 3.77. The molecule has 0 aliphatic carbocycles. The topological polar surface area (TPSA) is 33.2 Å². The van der Waals surface area contributed by atoms with Crippen LogP contribution < -0.4 is 4.90 Å². The summed E-state index contributed by atoms with van der Waals surface area (Å²) in [6.45, 7) is 2.68. The second-order valence-corrected chi connectivity index (χ2v) is 6.03. The number of hydrogen-bond donors (Lipinski definition) is 0. The molecule has 0 saturated carbocycles. The lowest BCUT2D eigenvalue weighted by Gasteiger charge is -2.10. The molecule has 2 aromatic carbocycles. The van der Waals surface area contributed by atoms with Gasteiger partial charge in [-0.2, -0.15) is 0 Å². The van der Waals surface area contributed by atoms with E-state index in [0.29, 0.717) is 6.54 Å². The number of benzene rings is 2. The molecular formula is C16H12N2OS. The van der Waals surface area contributed by atoms with Crippen LogP contribution in [0.1, 0.15) is 21.5 Å². The van der Waals surface area contributed by atoms with Crippen LogP contribution in [0.2, 0.25) is 0 Å². The summed E-state index contributed by atoms with van der Waals surface area (Å²) in [6, 6.07) is 13.9. The van der Waals surface area contributed by atoms with E-state index >= 15 is 0 Å². The van der Waals surface area contributed by atoms with Gasteiger partial charge in [0.2, 0.25) is 0 Å². The van der Waals surface area contributed by atoms with Crippen molar-refractivity contribution in [3.05, 3.63) is 59.2 Å². The van der Waals surface area contributed by atoms with Crippen molar-refractivity contribution in [2.45, 2.75) is 13.5 Å². The maximum Gasteiger partial charge on any atom is 0.260 e. The predicted molar refractivity (Wildman–Crippen MR) is 81.3 cm³/mol. The number of carbonyl (C=O) groups is 1. The van der Waals surface area contributed by atoms with Crippen LogP contribution in [0, 0.1) is 6.92 Å². The number of aryl methyl sites for hydroxylation is 1. The van der Waals surface area contributed by atoms with Crippen LogP contribution in [0.25, 0.3) is 10.2 Å². The van der Waals surface area contributed by atoms with E-state index in [2.05, 4.69) is 18.0 Å². The van der Waals surface area contributed by atoms with Gasteiger partial charge in [0.1, 0.15) is 0 Å². The van der Waals surface area contributed by atoms with E-state index in [1.54, 1.807) is 16.2 Å². The number of aromatic nitrogens is 1. The Labute approximate surface area is 120 Å². The molecule has 0 radical (unpaired) electrons. The Morgan fingerprint density at radius 2 is 2.05 bits per heavy atom. The number of rotatable bonds is 1. The Kier molecular flexibility index (Phi) is 2.41. The first kappa shape index (κ1) is 11.6. The minimum atomic E-state index is 0.0522. The molecule has 3 nitrogen and oxygen atoms in total. The number of anilines is 1. The molecule has 1 aliphatic heterocycles. The van der Waals surface area contributed by atoms with Gasteiger partial charge < -0.3 is 0 Å². The third kappa shape index (κ3) is 1.65. The largest absolute Gasteiger partial charge is 0.279 e. The molecule has 3 aromatic rings. The zero-order valence-electron chi connectivity index (χ0n) is 11.0. The molecular weight excluding hydrogens is 268 g/mol. The average molecular weight is 280 g/mol. The fraction of sp³-hybridized carbons (Fsp3) is 0.125. The van der Waals surface area contributed by atoms with Crippen molar-refractivity contribution in [3.63, 3.8) is 0 Å². The van der Waals surface area contributed by atoms with Gasteiger partial charge >= 0.3 is 0 Å². The first-order valence-electron chi connectivity index (χ1n) is 6.49.